The molecule has 3 rings (SSSR count). The average Bonchev–Trinajstić information content (AvgIpc) is 2.76. The minimum atomic E-state index is -0.942. The summed E-state index contributed by atoms with van der Waals surface area (Å²) in [7, 11) is 0. The van der Waals surface area contributed by atoms with E-state index >= 15 is 0 Å². The molecule has 2 N–H and O–H groups in total. The number of aliphatic carboxylic acids is 1. The van der Waals surface area contributed by atoms with Gasteiger partial charge in [0.15, 0.2) is 0 Å². The van der Waals surface area contributed by atoms with E-state index < -0.39 is 17.0 Å². The number of carboxylic acids is 1. The molecule has 2 aromatic rings. The second kappa shape index (κ2) is 3.85. The fraction of sp³-hybridized carbons (Fsp3) is 0.333. The number of aromatic hydroxyl groups is 1. The minimum Gasteiger partial charge on any atom is -0.507 e. The Morgan fingerprint density at radius 2 is 2.00 bits per heavy atom. The average molecular weight is 274 g/mol. The molecule has 0 aliphatic heterocycles. The van der Waals surface area contributed by atoms with E-state index in [4.69, 9.17) is 4.42 Å². The first kappa shape index (κ1) is 12.7. The van der Waals surface area contributed by atoms with E-state index in [1.54, 1.807) is 13.0 Å². The lowest BCUT2D eigenvalue weighted by Crippen LogP contribution is -2.27. The van der Waals surface area contributed by atoms with Crippen molar-refractivity contribution in [2.24, 2.45) is 5.41 Å². The van der Waals surface area contributed by atoms with Crippen molar-refractivity contribution in [2.75, 3.05) is 0 Å². The zero-order chi connectivity index (χ0) is 14.7. The van der Waals surface area contributed by atoms with Crippen LogP contribution in [0.1, 0.15) is 23.6 Å². The normalized spacial score (nSPS) is 21.1. The van der Waals surface area contributed by atoms with Gasteiger partial charge in [0, 0.05) is 0 Å². The van der Waals surface area contributed by atoms with Gasteiger partial charge in [0.1, 0.15) is 11.1 Å². The molecular weight excluding hydrogens is 260 g/mol. The molecule has 1 aromatic carbocycles. The number of carbonyl (C=O) groups is 1. The third-order valence-electron chi connectivity index (χ3n) is 4.28. The number of carboxylic acid groups (broad SMARTS) is 1. The highest BCUT2D eigenvalue weighted by Crippen LogP contribution is 2.45. The number of phenols is 1. The predicted octanol–water partition coefficient (Wildman–Crippen LogP) is 2.00. The number of hydrogen-bond donors (Lipinski definition) is 2. The fourth-order valence-electron chi connectivity index (χ4n) is 3.06. The summed E-state index contributed by atoms with van der Waals surface area (Å²) in [5.74, 6) is -1.04. The molecule has 20 heavy (non-hydrogen) atoms. The molecule has 0 fully saturated rings. The molecule has 1 heterocycles. The van der Waals surface area contributed by atoms with Crippen molar-refractivity contribution in [3.8, 4) is 5.75 Å². The van der Waals surface area contributed by atoms with Gasteiger partial charge in [-0.1, -0.05) is 0 Å². The number of hydrogen-bond acceptors (Lipinski definition) is 4. The molecule has 0 bridgehead atoms. The Morgan fingerprint density at radius 1 is 1.35 bits per heavy atom. The van der Waals surface area contributed by atoms with Crippen molar-refractivity contribution in [3.63, 3.8) is 0 Å². The molecule has 0 saturated carbocycles. The predicted molar refractivity (Wildman–Crippen MR) is 72.0 cm³/mol. The van der Waals surface area contributed by atoms with Gasteiger partial charge in [0.25, 0.3) is 0 Å². The molecule has 0 radical (unpaired) electrons. The number of aryl methyl sites for hydroxylation is 1. The smallest absolute Gasteiger partial charge is 0.347 e. The summed E-state index contributed by atoms with van der Waals surface area (Å²) in [6.45, 7) is 3.50. The van der Waals surface area contributed by atoms with Crippen LogP contribution < -0.4 is 5.63 Å². The van der Waals surface area contributed by atoms with Crippen LogP contribution in [0.3, 0.4) is 0 Å². The van der Waals surface area contributed by atoms with Crippen molar-refractivity contribution in [1.29, 1.82) is 0 Å². The summed E-state index contributed by atoms with van der Waals surface area (Å²) >= 11 is 0. The van der Waals surface area contributed by atoms with Gasteiger partial charge in [-0.05, 0) is 54.8 Å². The second-order valence-corrected chi connectivity index (χ2v) is 5.65. The Hall–Kier alpha value is -2.30. The van der Waals surface area contributed by atoms with Crippen molar-refractivity contribution >= 4 is 16.7 Å². The standard InChI is InChI=1S/C15H14O5/c1-7-8-3-4-20-13(17)11(8)12(16)10-6-15(2,14(18)19)5-9(7)10/h3-4,16H,5-6H2,1-2H3,(H,18,19)/t15-/m1/s1. The maximum atomic E-state index is 11.8. The molecule has 0 amide bonds. The Morgan fingerprint density at radius 3 is 2.65 bits per heavy atom. The largest absolute Gasteiger partial charge is 0.507 e. The van der Waals surface area contributed by atoms with Crippen LogP contribution >= 0.6 is 0 Å². The lowest BCUT2D eigenvalue weighted by molar-refractivity contribution is -0.147. The number of benzene rings is 1. The van der Waals surface area contributed by atoms with Gasteiger partial charge in [-0.2, -0.15) is 0 Å². The zero-order valence-corrected chi connectivity index (χ0v) is 11.2. The summed E-state index contributed by atoms with van der Waals surface area (Å²) in [6.07, 6.45) is 1.86. The first-order valence-electron chi connectivity index (χ1n) is 6.33. The Labute approximate surface area is 114 Å². The van der Waals surface area contributed by atoms with Crippen LogP contribution in [-0.4, -0.2) is 16.2 Å². The van der Waals surface area contributed by atoms with Gasteiger partial charge >= 0.3 is 11.6 Å². The van der Waals surface area contributed by atoms with E-state index in [-0.39, 0.29) is 17.6 Å². The van der Waals surface area contributed by atoms with E-state index in [0.29, 0.717) is 17.4 Å². The minimum absolute atomic E-state index is 0.137. The Balaban J connectivity index is 2.38. The molecule has 1 atom stereocenters. The molecule has 1 aromatic heterocycles. The first-order chi connectivity index (χ1) is 9.35. The van der Waals surface area contributed by atoms with Gasteiger partial charge in [0.2, 0.25) is 0 Å². The molecule has 1 aliphatic carbocycles. The van der Waals surface area contributed by atoms with Crippen LogP contribution in [0, 0.1) is 12.3 Å². The summed E-state index contributed by atoms with van der Waals surface area (Å²) in [4.78, 5) is 23.2. The maximum absolute atomic E-state index is 11.8. The molecule has 5 heteroatoms. The first-order valence-corrected chi connectivity index (χ1v) is 6.33. The number of rotatable bonds is 1. The summed E-state index contributed by atoms with van der Waals surface area (Å²) in [5, 5.41) is 20.4. The quantitative estimate of drug-likeness (QED) is 0.830. The molecule has 5 nitrogen and oxygen atoms in total. The highest BCUT2D eigenvalue weighted by molar-refractivity contribution is 5.93. The van der Waals surface area contributed by atoms with Crippen LogP contribution in [0.15, 0.2) is 21.5 Å². The highest BCUT2D eigenvalue weighted by atomic mass is 16.4. The fourth-order valence-corrected chi connectivity index (χ4v) is 3.06. The monoisotopic (exact) mass is 274 g/mol. The topological polar surface area (TPSA) is 87.7 Å². The van der Waals surface area contributed by atoms with Gasteiger partial charge in [-0.25, -0.2) is 4.79 Å². The SMILES string of the molecule is Cc1c2c(c(O)c3c(=O)occc13)C[C@](C)(C(=O)O)C2. The van der Waals surface area contributed by atoms with Crippen LogP contribution in [0.4, 0.5) is 0 Å². The maximum Gasteiger partial charge on any atom is 0.347 e. The third-order valence-corrected chi connectivity index (χ3v) is 4.28. The van der Waals surface area contributed by atoms with E-state index in [9.17, 15) is 19.8 Å². The number of fused-ring (bicyclic) bond motifs is 2. The van der Waals surface area contributed by atoms with Crippen LogP contribution in [0.2, 0.25) is 0 Å². The number of phenolic OH excluding ortho intramolecular Hbond substituents is 1. The molecule has 0 saturated heterocycles. The summed E-state index contributed by atoms with van der Waals surface area (Å²) in [6, 6.07) is 1.63. The lowest BCUT2D eigenvalue weighted by atomic mass is 9.87. The van der Waals surface area contributed by atoms with Gasteiger partial charge in [-0.3, -0.25) is 4.79 Å². The van der Waals surface area contributed by atoms with E-state index in [0.717, 1.165) is 11.1 Å². The second-order valence-electron chi connectivity index (χ2n) is 5.65. The van der Waals surface area contributed by atoms with Crippen LogP contribution in [0.5, 0.6) is 5.75 Å². The van der Waals surface area contributed by atoms with E-state index in [1.807, 2.05) is 6.92 Å². The van der Waals surface area contributed by atoms with Crippen LogP contribution in [-0.2, 0) is 17.6 Å². The summed E-state index contributed by atoms with van der Waals surface area (Å²) < 4.78 is 4.80. The Kier molecular flexibility index (Phi) is 2.45. The molecule has 0 spiro atoms. The van der Waals surface area contributed by atoms with Crippen molar-refractivity contribution < 1.29 is 19.4 Å². The molecule has 1 aliphatic rings. The molecule has 0 unspecified atom stereocenters. The van der Waals surface area contributed by atoms with Gasteiger partial charge in [-0.15, -0.1) is 0 Å². The van der Waals surface area contributed by atoms with E-state index in [2.05, 4.69) is 0 Å². The van der Waals surface area contributed by atoms with Crippen molar-refractivity contribution in [3.05, 3.63) is 39.4 Å². The molecule has 104 valence electrons. The third kappa shape index (κ3) is 1.49. The van der Waals surface area contributed by atoms with Gasteiger partial charge < -0.3 is 14.6 Å². The molecular formula is C15H14O5. The van der Waals surface area contributed by atoms with Crippen molar-refractivity contribution in [2.45, 2.75) is 26.7 Å². The summed E-state index contributed by atoms with van der Waals surface area (Å²) in [5.41, 5.74) is 0.673. The zero-order valence-electron chi connectivity index (χ0n) is 11.2. The van der Waals surface area contributed by atoms with Gasteiger partial charge in [0.05, 0.1) is 11.7 Å². The Bertz CT molecular complexity index is 802. The highest BCUT2D eigenvalue weighted by Gasteiger charge is 2.42. The van der Waals surface area contributed by atoms with Crippen molar-refractivity contribution in [1.82, 2.24) is 0 Å². The van der Waals surface area contributed by atoms with E-state index in [1.165, 1.54) is 6.26 Å². The lowest BCUT2D eigenvalue weighted by Gasteiger charge is -2.16. The van der Waals surface area contributed by atoms with Crippen LogP contribution in [0.25, 0.3) is 10.8 Å².